The molecular formula is C21H16ClN3. The molecule has 0 N–H and O–H groups in total. The minimum absolute atomic E-state index is 0.00275. The Kier molecular flexibility index (Phi) is 4.32. The van der Waals surface area contributed by atoms with Gasteiger partial charge in [-0.1, -0.05) is 78.3 Å². The topological polar surface area (TPSA) is 30.7 Å². The van der Waals surface area contributed by atoms with E-state index >= 15 is 0 Å². The second-order valence-corrected chi connectivity index (χ2v) is 6.25. The van der Waals surface area contributed by atoms with Gasteiger partial charge in [-0.15, -0.1) is 0 Å². The first kappa shape index (κ1) is 15.6. The molecule has 1 heterocycles. The molecule has 0 radical (unpaired) electrons. The highest BCUT2D eigenvalue weighted by Crippen LogP contribution is 2.28. The Morgan fingerprint density at radius 3 is 1.92 bits per heavy atom. The summed E-state index contributed by atoms with van der Waals surface area (Å²) < 4.78 is 1.88. The van der Waals surface area contributed by atoms with Crippen LogP contribution in [0.1, 0.15) is 17.2 Å². The Morgan fingerprint density at radius 2 is 1.32 bits per heavy atom. The summed E-state index contributed by atoms with van der Waals surface area (Å²) in [6.45, 7) is 0. The van der Waals surface area contributed by atoms with Crippen molar-refractivity contribution in [1.29, 1.82) is 0 Å². The average Bonchev–Trinajstić information content (AvgIpc) is 3.18. The fraction of sp³-hybridized carbons (Fsp3) is 0.0476. The summed E-state index contributed by atoms with van der Waals surface area (Å²) in [5.41, 5.74) is 4.64. The zero-order chi connectivity index (χ0) is 17.1. The van der Waals surface area contributed by atoms with Crippen molar-refractivity contribution in [2.75, 3.05) is 0 Å². The summed E-state index contributed by atoms with van der Waals surface area (Å²) in [4.78, 5) is 4.11. The molecule has 0 saturated carbocycles. The molecule has 0 fully saturated rings. The monoisotopic (exact) mass is 345 g/mol. The largest absolute Gasteiger partial charge is 0.241 e. The number of halogens is 1. The quantitative estimate of drug-likeness (QED) is 0.506. The number of aromatic nitrogens is 3. The third-order valence-electron chi connectivity index (χ3n) is 4.22. The second kappa shape index (κ2) is 6.91. The van der Waals surface area contributed by atoms with Gasteiger partial charge >= 0.3 is 0 Å². The number of benzene rings is 3. The first-order valence-electron chi connectivity index (χ1n) is 8.06. The fourth-order valence-corrected chi connectivity index (χ4v) is 3.11. The lowest BCUT2D eigenvalue weighted by atomic mass is 9.96. The average molecular weight is 346 g/mol. The van der Waals surface area contributed by atoms with Crippen molar-refractivity contribution < 1.29 is 0 Å². The summed E-state index contributed by atoms with van der Waals surface area (Å²) in [5, 5.41) is 5.10. The van der Waals surface area contributed by atoms with E-state index < -0.39 is 0 Å². The van der Waals surface area contributed by atoms with Gasteiger partial charge in [0.05, 0.1) is 0 Å². The normalized spacial score (nSPS) is 12.0. The van der Waals surface area contributed by atoms with Crippen molar-refractivity contribution in [3.8, 4) is 11.1 Å². The highest BCUT2D eigenvalue weighted by molar-refractivity contribution is 6.30. The Balaban J connectivity index is 1.72. The van der Waals surface area contributed by atoms with Gasteiger partial charge in [0.2, 0.25) is 0 Å². The molecule has 0 bridgehead atoms. The highest BCUT2D eigenvalue weighted by atomic mass is 35.5. The van der Waals surface area contributed by atoms with Crippen LogP contribution in [0.4, 0.5) is 0 Å². The molecule has 3 nitrogen and oxygen atoms in total. The van der Waals surface area contributed by atoms with Gasteiger partial charge in [-0.05, 0) is 34.4 Å². The molecule has 0 spiro atoms. The molecule has 0 aliphatic heterocycles. The maximum Gasteiger partial charge on any atom is 0.137 e. The molecule has 1 unspecified atom stereocenters. The summed E-state index contributed by atoms with van der Waals surface area (Å²) in [7, 11) is 0. The molecule has 122 valence electrons. The second-order valence-electron chi connectivity index (χ2n) is 5.82. The number of hydrogen-bond donors (Lipinski definition) is 0. The van der Waals surface area contributed by atoms with E-state index in [-0.39, 0.29) is 6.04 Å². The predicted molar refractivity (Wildman–Crippen MR) is 101 cm³/mol. The van der Waals surface area contributed by atoms with E-state index in [1.807, 2.05) is 47.1 Å². The summed E-state index contributed by atoms with van der Waals surface area (Å²) in [6.07, 6.45) is 3.32. The highest BCUT2D eigenvalue weighted by Gasteiger charge is 2.16. The predicted octanol–water partition coefficient (Wildman–Crippen LogP) is 5.24. The van der Waals surface area contributed by atoms with E-state index in [4.69, 9.17) is 11.6 Å². The zero-order valence-electron chi connectivity index (χ0n) is 13.5. The van der Waals surface area contributed by atoms with Gasteiger partial charge in [0.1, 0.15) is 18.7 Å². The van der Waals surface area contributed by atoms with Gasteiger partial charge in [0, 0.05) is 5.02 Å². The Hall–Kier alpha value is -2.91. The lowest BCUT2D eigenvalue weighted by Gasteiger charge is -2.18. The van der Waals surface area contributed by atoms with E-state index in [9.17, 15) is 0 Å². The third kappa shape index (κ3) is 3.32. The third-order valence-corrected chi connectivity index (χ3v) is 4.47. The molecule has 3 aromatic carbocycles. The van der Waals surface area contributed by atoms with E-state index in [0.29, 0.717) is 0 Å². The van der Waals surface area contributed by atoms with Crippen LogP contribution in [0.25, 0.3) is 11.1 Å². The van der Waals surface area contributed by atoms with Crippen LogP contribution >= 0.6 is 11.6 Å². The molecule has 25 heavy (non-hydrogen) atoms. The first-order chi connectivity index (χ1) is 12.3. The molecule has 4 aromatic rings. The first-order valence-corrected chi connectivity index (χ1v) is 8.44. The van der Waals surface area contributed by atoms with Gasteiger partial charge in [0.15, 0.2) is 0 Å². The maximum absolute atomic E-state index is 5.98. The molecule has 0 aliphatic carbocycles. The van der Waals surface area contributed by atoms with E-state index in [0.717, 1.165) is 21.7 Å². The van der Waals surface area contributed by atoms with Crippen LogP contribution in [-0.4, -0.2) is 14.8 Å². The van der Waals surface area contributed by atoms with Crippen LogP contribution < -0.4 is 0 Å². The lowest BCUT2D eigenvalue weighted by molar-refractivity contribution is 0.594. The number of nitrogens with zero attached hydrogens (tertiary/aromatic N) is 3. The van der Waals surface area contributed by atoms with E-state index in [1.54, 1.807) is 12.7 Å². The van der Waals surface area contributed by atoms with E-state index in [2.05, 4.69) is 46.5 Å². The summed E-state index contributed by atoms with van der Waals surface area (Å²) >= 11 is 5.98. The molecule has 0 saturated heterocycles. The van der Waals surface area contributed by atoms with Crippen LogP contribution in [0.2, 0.25) is 5.02 Å². The van der Waals surface area contributed by atoms with Crippen molar-refractivity contribution in [3.05, 3.63) is 108 Å². The molecule has 1 atom stereocenters. The van der Waals surface area contributed by atoms with Crippen LogP contribution in [0.5, 0.6) is 0 Å². The van der Waals surface area contributed by atoms with Crippen LogP contribution in [-0.2, 0) is 0 Å². The molecule has 0 aliphatic rings. The van der Waals surface area contributed by atoms with Crippen molar-refractivity contribution in [2.24, 2.45) is 0 Å². The van der Waals surface area contributed by atoms with Gasteiger partial charge in [-0.25, -0.2) is 9.67 Å². The standard InChI is InChI=1S/C21H16ClN3/c22-20-12-10-17(11-13-20)16-6-8-19(9-7-16)21(25-15-23-14-24-25)18-4-2-1-3-5-18/h1-15,21H. The Morgan fingerprint density at radius 1 is 0.720 bits per heavy atom. The van der Waals surface area contributed by atoms with Gasteiger partial charge in [-0.3, -0.25) is 0 Å². The Bertz CT molecular complexity index is 931. The minimum atomic E-state index is 0.00275. The number of rotatable bonds is 4. The SMILES string of the molecule is Clc1ccc(-c2ccc(C(c3ccccc3)n3cncn3)cc2)cc1. The van der Waals surface area contributed by atoms with Crippen LogP contribution in [0.15, 0.2) is 91.5 Å². The van der Waals surface area contributed by atoms with E-state index in [1.165, 1.54) is 5.56 Å². The summed E-state index contributed by atoms with van der Waals surface area (Å²) in [6, 6.07) is 26.8. The molecule has 4 rings (SSSR count). The van der Waals surface area contributed by atoms with Crippen molar-refractivity contribution in [3.63, 3.8) is 0 Å². The van der Waals surface area contributed by atoms with Gasteiger partial charge in [0.25, 0.3) is 0 Å². The molecule has 4 heteroatoms. The van der Waals surface area contributed by atoms with Crippen LogP contribution in [0.3, 0.4) is 0 Å². The van der Waals surface area contributed by atoms with Crippen molar-refractivity contribution in [1.82, 2.24) is 14.8 Å². The van der Waals surface area contributed by atoms with Gasteiger partial charge in [-0.2, -0.15) is 5.10 Å². The van der Waals surface area contributed by atoms with Crippen LogP contribution in [0, 0.1) is 0 Å². The molecule has 0 amide bonds. The zero-order valence-corrected chi connectivity index (χ0v) is 14.2. The number of hydrogen-bond acceptors (Lipinski definition) is 2. The summed E-state index contributed by atoms with van der Waals surface area (Å²) in [5.74, 6) is 0. The Labute approximate surface area is 151 Å². The molecular weight excluding hydrogens is 330 g/mol. The van der Waals surface area contributed by atoms with Crippen molar-refractivity contribution >= 4 is 11.6 Å². The molecule has 1 aromatic heterocycles. The fourth-order valence-electron chi connectivity index (χ4n) is 2.98. The maximum atomic E-state index is 5.98. The van der Waals surface area contributed by atoms with Crippen molar-refractivity contribution in [2.45, 2.75) is 6.04 Å². The van der Waals surface area contributed by atoms with Gasteiger partial charge < -0.3 is 0 Å². The lowest BCUT2D eigenvalue weighted by Crippen LogP contribution is -2.12. The minimum Gasteiger partial charge on any atom is -0.241 e. The smallest absolute Gasteiger partial charge is 0.137 e.